The molecule has 0 saturated carbocycles. The first kappa shape index (κ1) is 24.5. The smallest absolute Gasteiger partial charge is 0.257 e. The SMILES string of the molecule is COCCN(Cc1ccc(OC)c(OCc2nc(CO)cs2)c1)C(=O)c1ccccc1OC. The van der Waals surface area contributed by atoms with Gasteiger partial charge in [0.05, 0.1) is 38.7 Å². The third kappa shape index (κ3) is 6.44. The van der Waals surface area contributed by atoms with E-state index in [-0.39, 0.29) is 19.1 Å². The Hall–Kier alpha value is -3.14. The minimum atomic E-state index is -0.151. The monoisotopic (exact) mass is 472 g/mol. The Labute approximate surface area is 197 Å². The molecule has 2 aromatic carbocycles. The van der Waals surface area contributed by atoms with Crippen LogP contribution >= 0.6 is 11.3 Å². The van der Waals surface area contributed by atoms with E-state index in [2.05, 4.69) is 4.98 Å². The van der Waals surface area contributed by atoms with Crippen LogP contribution in [0.1, 0.15) is 26.6 Å². The van der Waals surface area contributed by atoms with E-state index in [1.807, 2.05) is 30.3 Å². The van der Waals surface area contributed by atoms with Crippen LogP contribution in [0.3, 0.4) is 0 Å². The van der Waals surface area contributed by atoms with Crippen LogP contribution in [0.4, 0.5) is 0 Å². The Morgan fingerprint density at radius 1 is 1.06 bits per heavy atom. The highest BCUT2D eigenvalue weighted by atomic mass is 32.1. The number of para-hydroxylation sites is 1. The molecule has 0 radical (unpaired) electrons. The summed E-state index contributed by atoms with van der Waals surface area (Å²) >= 11 is 1.42. The van der Waals surface area contributed by atoms with Gasteiger partial charge in [-0.3, -0.25) is 4.79 Å². The minimum absolute atomic E-state index is 0.104. The van der Waals surface area contributed by atoms with Crippen molar-refractivity contribution in [3.05, 3.63) is 69.7 Å². The molecule has 0 aliphatic heterocycles. The van der Waals surface area contributed by atoms with Crippen LogP contribution in [0, 0.1) is 0 Å². The number of hydrogen-bond donors (Lipinski definition) is 1. The largest absolute Gasteiger partial charge is 0.496 e. The average molecular weight is 473 g/mol. The molecule has 176 valence electrons. The second-order valence-corrected chi connectivity index (χ2v) is 8.03. The Kier molecular flexibility index (Phi) is 9.05. The van der Waals surface area contributed by atoms with Crippen LogP contribution in [0.2, 0.25) is 0 Å². The van der Waals surface area contributed by atoms with E-state index in [4.69, 9.17) is 18.9 Å². The van der Waals surface area contributed by atoms with Gasteiger partial charge in [0.1, 0.15) is 17.4 Å². The standard InChI is InChI=1S/C24H28N2O6S/c1-29-11-10-26(24(28)19-6-4-5-7-20(19)30-2)13-17-8-9-21(31-3)22(12-17)32-15-23-25-18(14-27)16-33-23/h4-9,12,16,27H,10-11,13-15H2,1-3H3. The number of benzene rings is 2. The number of aliphatic hydroxyl groups is 1. The van der Waals surface area contributed by atoms with Crippen LogP contribution in [0.25, 0.3) is 0 Å². The summed E-state index contributed by atoms with van der Waals surface area (Å²) in [6, 6.07) is 12.7. The van der Waals surface area contributed by atoms with Gasteiger partial charge in [0.25, 0.3) is 5.91 Å². The van der Waals surface area contributed by atoms with Crippen molar-refractivity contribution in [2.75, 3.05) is 34.5 Å². The molecule has 9 heteroatoms. The molecule has 0 aliphatic rings. The lowest BCUT2D eigenvalue weighted by molar-refractivity contribution is 0.0677. The summed E-state index contributed by atoms with van der Waals surface area (Å²) in [7, 11) is 4.72. The van der Waals surface area contributed by atoms with Gasteiger partial charge in [-0.1, -0.05) is 18.2 Å². The predicted octanol–water partition coefficient (Wildman–Crippen LogP) is 3.52. The zero-order valence-electron chi connectivity index (χ0n) is 18.9. The van der Waals surface area contributed by atoms with E-state index in [1.54, 1.807) is 43.7 Å². The van der Waals surface area contributed by atoms with E-state index in [9.17, 15) is 9.90 Å². The van der Waals surface area contributed by atoms with Gasteiger partial charge in [0.15, 0.2) is 11.5 Å². The molecule has 3 rings (SSSR count). The first-order chi connectivity index (χ1) is 16.1. The molecule has 1 N–H and O–H groups in total. The van der Waals surface area contributed by atoms with Gasteiger partial charge in [-0.2, -0.15) is 0 Å². The summed E-state index contributed by atoms with van der Waals surface area (Å²) in [4.78, 5) is 19.3. The van der Waals surface area contributed by atoms with Gasteiger partial charge in [0, 0.05) is 25.6 Å². The van der Waals surface area contributed by atoms with E-state index >= 15 is 0 Å². The molecule has 1 heterocycles. The fraction of sp³-hybridized carbons (Fsp3) is 0.333. The molecule has 8 nitrogen and oxygen atoms in total. The molecule has 0 atom stereocenters. The second kappa shape index (κ2) is 12.2. The zero-order valence-corrected chi connectivity index (χ0v) is 19.8. The molecule has 0 fully saturated rings. The quantitative estimate of drug-likeness (QED) is 0.431. The van der Waals surface area contributed by atoms with Gasteiger partial charge >= 0.3 is 0 Å². The highest BCUT2D eigenvalue weighted by Gasteiger charge is 2.20. The summed E-state index contributed by atoms with van der Waals surface area (Å²) in [6.45, 7) is 1.31. The molecule has 1 aromatic heterocycles. The maximum atomic E-state index is 13.3. The molecular weight excluding hydrogens is 444 g/mol. The molecule has 33 heavy (non-hydrogen) atoms. The number of carbonyl (C=O) groups is 1. The summed E-state index contributed by atoms with van der Waals surface area (Å²) in [6.07, 6.45) is 0. The minimum Gasteiger partial charge on any atom is -0.496 e. The van der Waals surface area contributed by atoms with Crippen molar-refractivity contribution in [1.29, 1.82) is 0 Å². The summed E-state index contributed by atoms with van der Waals surface area (Å²) < 4.78 is 22.0. The molecule has 3 aromatic rings. The lowest BCUT2D eigenvalue weighted by Gasteiger charge is -2.24. The van der Waals surface area contributed by atoms with Gasteiger partial charge in [0.2, 0.25) is 0 Å². The van der Waals surface area contributed by atoms with Gasteiger partial charge in [-0.25, -0.2) is 4.98 Å². The van der Waals surface area contributed by atoms with Crippen molar-refractivity contribution in [3.8, 4) is 17.2 Å². The van der Waals surface area contributed by atoms with Crippen molar-refractivity contribution in [2.45, 2.75) is 19.8 Å². The molecule has 1 amide bonds. The summed E-state index contributed by atoms with van der Waals surface area (Å²) in [5.74, 6) is 1.50. The topological polar surface area (TPSA) is 90.4 Å². The molecule has 0 unspecified atom stereocenters. The number of carbonyl (C=O) groups excluding carboxylic acids is 1. The van der Waals surface area contributed by atoms with Gasteiger partial charge in [-0.05, 0) is 29.8 Å². The normalized spacial score (nSPS) is 10.7. The highest BCUT2D eigenvalue weighted by Crippen LogP contribution is 2.30. The maximum absolute atomic E-state index is 13.3. The zero-order chi connectivity index (χ0) is 23.6. The number of rotatable bonds is 12. The number of thiazole rings is 1. The van der Waals surface area contributed by atoms with E-state index in [0.717, 1.165) is 10.6 Å². The number of nitrogens with zero attached hydrogens (tertiary/aromatic N) is 2. The Balaban J connectivity index is 1.80. The molecule has 0 bridgehead atoms. The third-order valence-corrected chi connectivity index (χ3v) is 5.77. The molecule has 0 saturated heterocycles. The molecular formula is C24H28N2O6S. The molecule has 0 spiro atoms. The van der Waals surface area contributed by atoms with Crippen molar-refractivity contribution in [2.24, 2.45) is 0 Å². The van der Waals surface area contributed by atoms with Crippen molar-refractivity contribution >= 4 is 17.2 Å². The summed E-state index contributed by atoms with van der Waals surface area (Å²) in [5.41, 5.74) is 1.98. The first-order valence-electron chi connectivity index (χ1n) is 10.3. The average Bonchev–Trinajstić information content (AvgIpc) is 3.33. The lowest BCUT2D eigenvalue weighted by atomic mass is 10.1. The fourth-order valence-electron chi connectivity index (χ4n) is 3.23. The summed E-state index contributed by atoms with van der Waals surface area (Å²) in [5, 5.41) is 11.7. The van der Waals surface area contributed by atoms with Crippen LogP contribution in [-0.2, 0) is 24.5 Å². The van der Waals surface area contributed by atoms with E-state index < -0.39 is 0 Å². The second-order valence-electron chi connectivity index (χ2n) is 7.08. The highest BCUT2D eigenvalue weighted by molar-refractivity contribution is 7.09. The number of hydrogen-bond acceptors (Lipinski definition) is 8. The maximum Gasteiger partial charge on any atom is 0.257 e. The van der Waals surface area contributed by atoms with Gasteiger partial charge < -0.3 is 29.0 Å². The first-order valence-corrected chi connectivity index (χ1v) is 11.2. The van der Waals surface area contributed by atoms with Crippen molar-refractivity contribution < 1.29 is 28.8 Å². The number of aromatic nitrogens is 1. The van der Waals surface area contributed by atoms with Crippen LogP contribution in [-0.4, -0.2) is 55.4 Å². The Bertz CT molecular complexity index is 1050. The van der Waals surface area contributed by atoms with E-state index in [0.29, 0.717) is 48.2 Å². The predicted molar refractivity (Wildman–Crippen MR) is 125 cm³/mol. The molecule has 0 aliphatic carbocycles. The van der Waals surface area contributed by atoms with Gasteiger partial charge in [-0.15, -0.1) is 11.3 Å². The Morgan fingerprint density at radius 2 is 1.85 bits per heavy atom. The van der Waals surface area contributed by atoms with E-state index in [1.165, 1.54) is 11.3 Å². The van der Waals surface area contributed by atoms with Crippen molar-refractivity contribution in [3.63, 3.8) is 0 Å². The number of amides is 1. The number of aliphatic hydroxyl groups excluding tert-OH is 1. The number of ether oxygens (including phenoxy) is 4. The number of methoxy groups -OCH3 is 3. The lowest BCUT2D eigenvalue weighted by Crippen LogP contribution is -2.33. The third-order valence-electron chi connectivity index (χ3n) is 4.90. The van der Waals surface area contributed by atoms with Crippen LogP contribution < -0.4 is 14.2 Å². The van der Waals surface area contributed by atoms with Crippen LogP contribution in [0.15, 0.2) is 47.8 Å². The fourth-order valence-corrected chi connectivity index (χ4v) is 3.92. The van der Waals surface area contributed by atoms with Crippen LogP contribution in [0.5, 0.6) is 17.2 Å². The Morgan fingerprint density at radius 3 is 2.55 bits per heavy atom. The van der Waals surface area contributed by atoms with Crippen molar-refractivity contribution in [1.82, 2.24) is 9.88 Å².